The van der Waals surface area contributed by atoms with Gasteiger partial charge in [-0.25, -0.2) is 0 Å². The number of hydrogen-bond acceptors (Lipinski definition) is 3. The van der Waals surface area contributed by atoms with E-state index in [-0.39, 0.29) is 0 Å². The summed E-state index contributed by atoms with van der Waals surface area (Å²) in [5.74, 6) is 0.882. The fourth-order valence-electron chi connectivity index (χ4n) is 2.42. The lowest BCUT2D eigenvalue weighted by Gasteiger charge is -2.11. The Bertz CT molecular complexity index is 768. The molecule has 3 rings (SSSR count). The van der Waals surface area contributed by atoms with Gasteiger partial charge in [-0.2, -0.15) is 0 Å². The number of fused-ring (bicyclic) bond motifs is 1. The van der Waals surface area contributed by atoms with Crippen LogP contribution in [-0.4, -0.2) is 11.6 Å². The van der Waals surface area contributed by atoms with Crippen molar-refractivity contribution in [3.05, 3.63) is 65.9 Å². The predicted octanol–water partition coefficient (Wildman–Crippen LogP) is 3.75. The SMILES string of the molecule is Cc1cc(OCCc2ccccc2N)c2ccccc2n1. The number of ether oxygens (including phenoxy) is 1. The zero-order valence-corrected chi connectivity index (χ0v) is 12.0. The van der Waals surface area contributed by atoms with E-state index in [1.54, 1.807) is 0 Å². The molecular weight excluding hydrogens is 260 g/mol. The van der Waals surface area contributed by atoms with Crippen molar-refractivity contribution in [2.75, 3.05) is 12.3 Å². The second-order valence-corrected chi connectivity index (χ2v) is 5.08. The minimum absolute atomic E-state index is 0.599. The maximum Gasteiger partial charge on any atom is 0.130 e. The number of nitrogens with zero attached hydrogens (tertiary/aromatic N) is 1. The van der Waals surface area contributed by atoms with Crippen LogP contribution in [0.15, 0.2) is 54.6 Å². The zero-order chi connectivity index (χ0) is 14.7. The van der Waals surface area contributed by atoms with Crippen LogP contribution in [0.5, 0.6) is 5.75 Å². The van der Waals surface area contributed by atoms with Crippen molar-refractivity contribution in [3.63, 3.8) is 0 Å². The van der Waals surface area contributed by atoms with Crippen molar-refractivity contribution in [1.82, 2.24) is 4.98 Å². The largest absolute Gasteiger partial charge is 0.492 e. The molecule has 0 saturated heterocycles. The van der Waals surface area contributed by atoms with E-state index >= 15 is 0 Å². The molecule has 1 aromatic heterocycles. The van der Waals surface area contributed by atoms with Gasteiger partial charge in [0, 0.05) is 29.3 Å². The van der Waals surface area contributed by atoms with Crippen LogP contribution in [0.3, 0.4) is 0 Å². The molecule has 1 heterocycles. The van der Waals surface area contributed by atoms with Crippen LogP contribution < -0.4 is 10.5 Å². The molecular formula is C18H18N2O. The van der Waals surface area contributed by atoms with Gasteiger partial charge in [-0.05, 0) is 30.7 Å². The summed E-state index contributed by atoms with van der Waals surface area (Å²) in [6, 6.07) is 17.9. The van der Waals surface area contributed by atoms with Gasteiger partial charge in [0.1, 0.15) is 5.75 Å². The normalized spacial score (nSPS) is 10.7. The van der Waals surface area contributed by atoms with Gasteiger partial charge in [0.2, 0.25) is 0 Å². The maximum absolute atomic E-state index is 5.96. The highest BCUT2D eigenvalue weighted by atomic mass is 16.5. The Hall–Kier alpha value is -2.55. The molecule has 0 unspecified atom stereocenters. The van der Waals surface area contributed by atoms with Gasteiger partial charge >= 0.3 is 0 Å². The van der Waals surface area contributed by atoms with Crippen LogP contribution in [0.2, 0.25) is 0 Å². The number of anilines is 1. The van der Waals surface area contributed by atoms with E-state index < -0.39 is 0 Å². The number of aromatic nitrogens is 1. The molecule has 0 aliphatic carbocycles. The summed E-state index contributed by atoms with van der Waals surface area (Å²) < 4.78 is 5.96. The molecule has 106 valence electrons. The number of nitrogens with two attached hydrogens (primary N) is 1. The maximum atomic E-state index is 5.96. The molecule has 0 radical (unpaired) electrons. The van der Waals surface area contributed by atoms with Crippen LogP contribution in [-0.2, 0) is 6.42 Å². The third-order valence-corrected chi connectivity index (χ3v) is 3.49. The van der Waals surface area contributed by atoms with Gasteiger partial charge < -0.3 is 10.5 Å². The number of para-hydroxylation sites is 2. The van der Waals surface area contributed by atoms with E-state index in [4.69, 9.17) is 10.5 Å². The lowest BCUT2D eigenvalue weighted by atomic mass is 10.1. The number of benzene rings is 2. The molecule has 2 aromatic carbocycles. The van der Waals surface area contributed by atoms with E-state index in [0.717, 1.165) is 40.0 Å². The Balaban J connectivity index is 1.78. The molecule has 0 aliphatic rings. The minimum atomic E-state index is 0.599. The Morgan fingerprint density at radius 3 is 2.67 bits per heavy atom. The monoisotopic (exact) mass is 278 g/mol. The molecule has 2 N–H and O–H groups in total. The number of nitrogen functional groups attached to an aromatic ring is 1. The van der Waals surface area contributed by atoms with Gasteiger partial charge in [-0.1, -0.05) is 30.3 Å². The van der Waals surface area contributed by atoms with Gasteiger partial charge in [-0.15, -0.1) is 0 Å². The van der Waals surface area contributed by atoms with Crippen molar-refractivity contribution >= 4 is 16.6 Å². The third-order valence-electron chi connectivity index (χ3n) is 3.49. The van der Waals surface area contributed by atoms with Crippen LogP contribution in [0, 0.1) is 6.92 Å². The molecule has 0 fully saturated rings. The van der Waals surface area contributed by atoms with E-state index in [1.807, 2.05) is 61.5 Å². The zero-order valence-electron chi connectivity index (χ0n) is 12.0. The lowest BCUT2D eigenvalue weighted by Crippen LogP contribution is -2.04. The predicted molar refractivity (Wildman–Crippen MR) is 86.5 cm³/mol. The average molecular weight is 278 g/mol. The second kappa shape index (κ2) is 5.83. The number of hydrogen-bond donors (Lipinski definition) is 1. The molecule has 3 heteroatoms. The smallest absolute Gasteiger partial charge is 0.130 e. The molecule has 3 nitrogen and oxygen atoms in total. The van der Waals surface area contributed by atoms with E-state index in [9.17, 15) is 0 Å². The Kier molecular flexibility index (Phi) is 3.73. The summed E-state index contributed by atoms with van der Waals surface area (Å²) >= 11 is 0. The summed E-state index contributed by atoms with van der Waals surface area (Å²) in [6.45, 7) is 2.58. The molecule has 0 atom stereocenters. The molecule has 0 bridgehead atoms. The van der Waals surface area contributed by atoms with Crippen molar-refractivity contribution in [3.8, 4) is 5.75 Å². The average Bonchev–Trinajstić information content (AvgIpc) is 2.49. The highest BCUT2D eigenvalue weighted by molar-refractivity contribution is 5.85. The first-order chi connectivity index (χ1) is 10.2. The quantitative estimate of drug-likeness (QED) is 0.739. The summed E-state index contributed by atoms with van der Waals surface area (Å²) in [7, 11) is 0. The van der Waals surface area contributed by atoms with Crippen molar-refractivity contribution in [2.24, 2.45) is 0 Å². The van der Waals surface area contributed by atoms with Gasteiger partial charge in [-0.3, -0.25) is 4.98 Å². The van der Waals surface area contributed by atoms with E-state index in [0.29, 0.717) is 6.61 Å². The molecule has 0 aliphatic heterocycles. The standard InChI is InChI=1S/C18H18N2O/c1-13-12-18(15-7-3-5-9-17(15)20-13)21-11-10-14-6-2-4-8-16(14)19/h2-9,12H,10-11,19H2,1H3. The van der Waals surface area contributed by atoms with Gasteiger partial charge in [0.25, 0.3) is 0 Å². The van der Waals surface area contributed by atoms with Crippen molar-refractivity contribution in [2.45, 2.75) is 13.3 Å². The Labute approximate surface area is 124 Å². The highest BCUT2D eigenvalue weighted by Crippen LogP contribution is 2.25. The summed E-state index contributed by atoms with van der Waals surface area (Å²) in [5, 5.41) is 1.05. The lowest BCUT2D eigenvalue weighted by molar-refractivity contribution is 0.325. The second-order valence-electron chi connectivity index (χ2n) is 5.08. The highest BCUT2D eigenvalue weighted by Gasteiger charge is 2.05. The molecule has 0 saturated carbocycles. The number of aryl methyl sites for hydroxylation is 1. The van der Waals surface area contributed by atoms with Crippen LogP contribution in [0.1, 0.15) is 11.3 Å². The molecule has 0 amide bonds. The van der Waals surface area contributed by atoms with Crippen LogP contribution in [0.25, 0.3) is 10.9 Å². The number of rotatable bonds is 4. The number of pyridine rings is 1. The first kappa shape index (κ1) is 13.4. The first-order valence-corrected chi connectivity index (χ1v) is 7.06. The van der Waals surface area contributed by atoms with Crippen LogP contribution >= 0.6 is 0 Å². The van der Waals surface area contributed by atoms with Crippen molar-refractivity contribution < 1.29 is 4.74 Å². The van der Waals surface area contributed by atoms with E-state index in [1.165, 1.54) is 0 Å². The first-order valence-electron chi connectivity index (χ1n) is 7.06. The van der Waals surface area contributed by atoms with Crippen molar-refractivity contribution in [1.29, 1.82) is 0 Å². The third kappa shape index (κ3) is 2.97. The molecule has 0 spiro atoms. The van der Waals surface area contributed by atoms with Crippen LogP contribution in [0.4, 0.5) is 5.69 Å². The molecule has 21 heavy (non-hydrogen) atoms. The van der Waals surface area contributed by atoms with Gasteiger partial charge in [0.15, 0.2) is 0 Å². The fraction of sp³-hybridized carbons (Fsp3) is 0.167. The summed E-state index contributed by atoms with van der Waals surface area (Å²) in [4.78, 5) is 4.52. The Morgan fingerprint density at radius 1 is 1.05 bits per heavy atom. The van der Waals surface area contributed by atoms with E-state index in [2.05, 4.69) is 4.98 Å². The molecule has 3 aromatic rings. The fourth-order valence-corrected chi connectivity index (χ4v) is 2.42. The minimum Gasteiger partial charge on any atom is -0.492 e. The summed E-state index contributed by atoms with van der Waals surface area (Å²) in [5.41, 5.74) is 9.81. The summed E-state index contributed by atoms with van der Waals surface area (Å²) in [6.07, 6.45) is 0.794. The topological polar surface area (TPSA) is 48.1 Å². The van der Waals surface area contributed by atoms with Gasteiger partial charge in [0.05, 0.1) is 12.1 Å². The Morgan fingerprint density at radius 2 is 1.81 bits per heavy atom.